The van der Waals surface area contributed by atoms with E-state index in [1.807, 2.05) is 23.1 Å². The van der Waals surface area contributed by atoms with Gasteiger partial charge in [0, 0.05) is 32.8 Å². The molecular weight excluding hydrogens is 256 g/mol. The summed E-state index contributed by atoms with van der Waals surface area (Å²) in [6.45, 7) is 3.33. The molecule has 5 heteroatoms. The van der Waals surface area contributed by atoms with E-state index in [0.717, 1.165) is 13.1 Å². The van der Waals surface area contributed by atoms with Gasteiger partial charge in [-0.3, -0.25) is 4.79 Å². The lowest BCUT2D eigenvalue weighted by Crippen LogP contribution is -2.49. The molecule has 0 saturated carbocycles. The molecule has 1 aromatic rings. The van der Waals surface area contributed by atoms with Crippen LogP contribution >= 0.6 is 0 Å². The predicted octanol–water partition coefficient (Wildman–Crippen LogP) is 0.823. The van der Waals surface area contributed by atoms with Gasteiger partial charge < -0.3 is 19.7 Å². The summed E-state index contributed by atoms with van der Waals surface area (Å²) in [6, 6.07) is 10.4. The minimum Gasteiger partial charge on any atom is -0.382 e. The van der Waals surface area contributed by atoms with Gasteiger partial charge in [-0.2, -0.15) is 0 Å². The van der Waals surface area contributed by atoms with Crippen molar-refractivity contribution < 1.29 is 14.3 Å². The zero-order valence-corrected chi connectivity index (χ0v) is 11.9. The van der Waals surface area contributed by atoms with E-state index in [4.69, 9.17) is 9.47 Å². The molecule has 20 heavy (non-hydrogen) atoms. The van der Waals surface area contributed by atoms with E-state index in [1.165, 1.54) is 5.56 Å². The average molecular weight is 278 g/mol. The van der Waals surface area contributed by atoms with Crippen LogP contribution in [0.5, 0.6) is 0 Å². The van der Waals surface area contributed by atoms with Crippen molar-refractivity contribution in [2.24, 2.45) is 0 Å². The monoisotopic (exact) mass is 278 g/mol. The summed E-state index contributed by atoms with van der Waals surface area (Å²) in [5, 5.41) is 3.44. The molecule has 1 unspecified atom stereocenters. The lowest BCUT2D eigenvalue weighted by molar-refractivity contribution is -0.137. The second-order valence-corrected chi connectivity index (χ2v) is 4.80. The summed E-state index contributed by atoms with van der Waals surface area (Å²) in [7, 11) is 1.62. The summed E-state index contributed by atoms with van der Waals surface area (Å²) in [5.41, 5.74) is 1.21. The van der Waals surface area contributed by atoms with Crippen LogP contribution in [0.15, 0.2) is 30.3 Å². The fourth-order valence-corrected chi connectivity index (χ4v) is 2.28. The maximum atomic E-state index is 12.1. The first-order chi connectivity index (χ1) is 9.81. The fraction of sp³-hybridized carbons (Fsp3) is 0.533. The zero-order chi connectivity index (χ0) is 14.2. The Morgan fingerprint density at radius 3 is 2.90 bits per heavy atom. The molecule has 1 aliphatic heterocycles. The highest BCUT2D eigenvalue weighted by atomic mass is 16.5. The number of nitrogens with zero attached hydrogens (tertiary/aromatic N) is 1. The van der Waals surface area contributed by atoms with Crippen molar-refractivity contribution >= 4 is 5.91 Å². The topological polar surface area (TPSA) is 50.8 Å². The molecule has 0 bridgehead atoms. The lowest BCUT2D eigenvalue weighted by Gasteiger charge is -2.34. The molecule has 1 heterocycles. The highest BCUT2D eigenvalue weighted by Gasteiger charge is 2.23. The number of rotatable bonds is 6. The first-order valence-corrected chi connectivity index (χ1v) is 6.94. The number of ether oxygens (including phenoxy) is 2. The Balaban J connectivity index is 1.82. The molecule has 1 aliphatic rings. The quantitative estimate of drug-likeness (QED) is 0.783. The maximum absolute atomic E-state index is 12.1. The van der Waals surface area contributed by atoms with Gasteiger partial charge in [-0.15, -0.1) is 0 Å². The Morgan fingerprint density at radius 2 is 2.15 bits per heavy atom. The van der Waals surface area contributed by atoms with E-state index in [1.54, 1.807) is 7.11 Å². The highest BCUT2D eigenvalue weighted by molar-refractivity contribution is 5.77. The van der Waals surface area contributed by atoms with E-state index in [2.05, 4.69) is 17.4 Å². The van der Waals surface area contributed by atoms with Crippen LogP contribution in [-0.4, -0.2) is 57.4 Å². The molecule has 1 atom stereocenters. The van der Waals surface area contributed by atoms with Crippen molar-refractivity contribution in [3.8, 4) is 0 Å². The van der Waals surface area contributed by atoms with Crippen LogP contribution in [0, 0.1) is 0 Å². The second kappa shape index (κ2) is 7.99. The van der Waals surface area contributed by atoms with Crippen molar-refractivity contribution in [3.05, 3.63) is 35.9 Å². The normalized spacial score (nSPS) is 19.1. The number of carbonyl (C=O) groups is 1. The number of carbonyl (C=O) groups excluding carboxylic acids is 1. The van der Waals surface area contributed by atoms with Gasteiger partial charge in [0.15, 0.2) is 0 Å². The van der Waals surface area contributed by atoms with Crippen LogP contribution in [0.1, 0.15) is 11.6 Å². The molecule has 1 aromatic carbocycles. The van der Waals surface area contributed by atoms with Crippen LogP contribution in [0.25, 0.3) is 0 Å². The molecule has 1 N–H and O–H groups in total. The number of hydrogen-bond acceptors (Lipinski definition) is 4. The summed E-state index contributed by atoms with van der Waals surface area (Å²) in [4.78, 5) is 13.9. The molecule has 0 aliphatic carbocycles. The molecule has 0 spiro atoms. The number of amides is 1. The Labute approximate surface area is 119 Å². The van der Waals surface area contributed by atoms with Gasteiger partial charge in [-0.1, -0.05) is 30.3 Å². The minimum atomic E-state index is 0.0449. The lowest BCUT2D eigenvalue weighted by atomic mass is 10.0. The third kappa shape index (κ3) is 4.30. The molecule has 1 fully saturated rings. The molecule has 0 aromatic heterocycles. The van der Waals surface area contributed by atoms with Gasteiger partial charge in [-0.25, -0.2) is 0 Å². The molecule has 0 radical (unpaired) electrons. The number of piperazine rings is 1. The van der Waals surface area contributed by atoms with Crippen molar-refractivity contribution in [3.63, 3.8) is 0 Å². The van der Waals surface area contributed by atoms with Gasteiger partial charge in [-0.05, 0) is 5.56 Å². The average Bonchev–Trinajstić information content (AvgIpc) is 2.52. The van der Waals surface area contributed by atoms with Gasteiger partial charge in [0.1, 0.15) is 6.61 Å². The third-order valence-electron chi connectivity index (χ3n) is 3.39. The molecule has 1 saturated heterocycles. The Hall–Kier alpha value is -1.43. The first-order valence-electron chi connectivity index (χ1n) is 6.94. The van der Waals surface area contributed by atoms with Crippen LogP contribution in [0.4, 0.5) is 0 Å². The van der Waals surface area contributed by atoms with E-state index in [0.29, 0.717) is 19.8 Å². The summed E-state index contributed by atoms with van der Waals surface area (Å²) in [5.74, 6) is 0.0449. The van der Waals surface area contributed by atoms with Crippen LogP contribution in [0.3, 0.4) is 0 Å². The van der Waals surface area contributed by atoms with Crippen LogP contribution in [-0.2, 0) is 14.3 Å². The standard InChI is InChI=1S/C15H22N2O3/c1-19-9-10-20-12-15(18)17-8-7-16-14(11-17)13-5-3-2-4-6-13/h2-6,14,16H,7-12H2,1H3. The largest absolute Gasteiger partial charge is 0.382 e. The number of benzene rings is 1. The smallest absolute Gasteiger partial charge is 0.248 e. The molecule has 2 rings (SSSR count). The maximum Gasteiger partial charge on any atom is 0.248 e. The van der Waals surface area contributed by atoms with E-state index >= 15 is 0 Å². The van der Waals surface area contributed by atoms with Crippen molar-refractivity contribution in [2.75, 3.05) is 46.6 Å². The SMILES string of the molecule is COCCOCC(=O)N1CCNC(c2ccccc2)C1. The summed E-state index contributed by atoms with van der Waals surface area (Å²) in [6.07, 6.45) is 0. The van der Waals surface area contributed by atoms with Crippen LogP contribution < -0.4 is 5.32 Å². The molecule has 1 amide bonds. The fourth-order valence-electron chi connectivity index (χ4n) is 2.28. The number of methoxy groups -OCH3 is 1. The summed E-state index contributed by atoms with van der Waals surface area (Å²) >= 11 is 0. The van der Waals surface area contributed by atoms with Crippen LogP contribution in [0.2, 0.25) is 0 Å². The van der Waals surface area contributed by atoms with Gasteiger partial charge >= 0.3 is 0 Å². The zero-order valence-electron chi connectivity index (χ0n) is 11.9. The van der Waals surface area contributed by atoms with E-state index in [9.17, 15) is 4.79 Å². The Bertz CT molecular complexity index is 411. The first kappa shape index (κ1) is 15.0. The van der Waals surface area contributed by atoms with Crippen molar-refractivity contribution in [1.29, 1.82) is 0 Å². The molecular formula is C15H22N2O3. The minimum absolute atomic E-state index is 0.0449. The molecule has 110 valence electrons. The number of hydrogen-bond donors (Lipinski definition) is 1. The van der Waals surface area contributed by atoms with Crippen molar-refractivity contribution in [2.45, 2.75) is 6.04 Å². The van der Waals surface area contributed by atoms with E-state index < -0.39 is 0 Å². The molecule has 5 nitrogen and oxygen atoms in total. The highest BCUT2D eigenvalue weighted by Crippen LogP contribution is 2.16. The summed E-state index contributed by atoms with van der Waals surface area (Å²) < 4.78 is 10.2. The van der Waals surface area contributed by atoms with Gasteiger partial charge in [0.25, 0.3) is 0 Å². The van der Waals surface area contributed by atoms with E-state index in [-0.39, 0.29) is 18.6 Å². The van der Waals surface area contributed by atoms with Gasteiger partial charge in [0.05, 0.1) is 13.2 Å². The Morgan fingerprint density at radius 1 is 1.35 bits per heavy atom. The Kier molecular flexibility index (Phi) is 5.98. The predicted molar refractivity (Wildman–Crippen MR) is 76.5 cm³/mol. The van der Waals surface area contributed by atoms with Crippen molar-refractivity contribution in [1.82, 2.24) is 10.2 Å². The van der Waals surface area contributed by atoms with Gasteiger partial charge in [0.2, 0.25) is 5.91 Å². The third-order valence-corrected chi connectivity index (χ3v) is 3.39. The number of nitrogens with one attached hydrogen (secondary N) is 1. The second-order valence-electron chi connectivity index (χ2n) is 4.80.